The van der Waals surface area contributed by atoms with Crippen molar-refractivity contribution in [1.82, 2.24) is 0 Å². The number of hydrogen-bond donors (Lipinski definition) is 0. The lowest BCUT2D eigenvalue weighted by Gasteiger charge is -2.57. The molecule has 4 rings (SSSR count). The number of carbonyl (C=O) groups is 3. The number of Topliss-reactive ketones (excluding diaryl/α,β-unsaturated/α-hetero) is 1. The highest BCUT2D eigenvalue weighted by atomic mass is 16.5. The Morgan fingerprint density at radius 1 is 1.14 bits per heavy atom. The van der Waals surface area contributed by atoms with Crippen LogP contribution in [0.15, 0.2) is 36.0 Å². The van der Waals surface area contributed by atoms with Crippen molar-refractivity contribution in [2.24, 2.45) is 34.5 Å². The van der Waals surface area contributed by atoms with Crippen molar-refractivity contribution in [3.63, 3.8) is 0 Å². The first-order valence-electron chi connectivity index (χ1n) is 10.9. The topological polar surface area (TPSA) is 60.4 Å². The highest BCUT2D eigenvalue weighted by Gasteiger charge is 2.62. The Kier molecular flexibility index (Phi) is 4.75. The third-order valence-electron chi connectivity index (χ3n) is 8.71. The van der Waals surface area contributed by atoms with E-state index in [1.807, 2.05) is 6.08 Å². The molecule has 0 saturated heterocycles. The van der Waals surface area contributed by atoms with Crippen molar-refractivity contribution < 1.29 is 19.1 Å². The first-order valence-corrected chi connectivity index (χ1v) is 10.9. The normalized spacial score (nSPS) is 41.2. The molecule has 4 heteroatoms. The SMILES string of the molecule is C=C1C(=C)[C@H]2[C@@H]3CCC4=CC(=O)CC[C@]4(C)[C@H]3CC[C@]2(C)[C@H]1C(=O)COC(C)=O. The Morgan fingerprint density at radius 2 is 1.86 bits per heavy atom. The van der Waals surface area contributed by atoms with Crippen molar-refractivity contribution in [2.75, 3.05) is 6.61 Å². The summed E-state index contributed by atoms with van der Waals surface area (Å²) in [6, 6.07) is 0. The van der Waals surface area contributed by atoms with E-state index >= 15 is 0 Å². The van der Waals surface area contributed by atoms with Gasteiger partial charge in [0.05, 0.1) is 5.92 Å². The summed E-state index contributed by atoms with van der Waals surface area (Å²) in [5, 5.41) is 0. The molecule has 4 aliphatic carbocycles. The standard InChI is InChI=1S/C25H32O4/c1-14-15(2)23(21(28)13-29-16(3)26)25(5)11-9-20-19(22(14)25)7-6-17-12-18(27)8-10-24(17,20)4/h12,19-20,22-23H,1-2,6-11,13H2,3-5H3/t19-,20+,22+,23-,24+,25+/m1/s1. The summed E-state index contributed by atoms with van der Waals surface area (Å²) >= 11 is 0. The van der Waals surface area contributed by atoms with Crippen LogP contribution in [-0.2, 0) is 19.1 Å². The van der Waals surface area contributed by atoms with Gasteiger partial charge >= 0.3 is 5.97 Å². The number of hydrogen-bond acceptors (Lipinski definition) is 4. The summed E-state index contributed by atoms with van der Waals surface area (Å²) < 4.78 is 5.03. The van der Waals surface area contributed by atoms with Gasteiger partial charge in [0, 0.05) is 13.3 Å². The number of allylic oxidation sites excluding steroid dienone is 3. The molecule has 4 nitrogen and oxygen atoms in total. The molecule has 3 saturated carbocycles. The van der Waals surface area contributed by atoms with Crippen LogP contribution < -0.4 is 0 Å². The van der Waals surface area contributed by atoms with Crippen LogP contribution in [0.5, 0.6) is 0 Å². The Labute approximate surface area is 173 Å². The molecule has 0 unspecified atom stereocenters. The van der Waals surface area contributed by atoms with E-state index in [1.54, 1.807) is 0 Å². The van der Waals surface area contributed by atoms with Crippen molar-refractivity contribution in [3.05, 3.63) is 36.0 Å². The summed E-state index contributed by atoms with van der Waals surface area (Å²) in [4.78, 5) is 36.2. The maximum absolute atomic E-state index is 13.0. The van der Waals surface area contributed by atoms with Crippen molar-refractivity contribution in [3.8, 4) is 0 Å². The summed E-state index contributed by atoms with van der Waals surface area (Å²) in [7, 11) is 0. The lowest BCUT2D eigenvalue weighted by Crippen LogP contribution is -2.51. The quantitative estimate of drug-likeness (QED) is 0.654. The second-order valence-corrected chi connectivity index (χ2v) is 10.1. The second kappa shape index (κ2) is 6.78. The highest BCUT2D eigenvalue weighted by molar-refractivity contribution is 5.92. The first kappa shape index (κ1) is 20.3. The summed E-state index contributed by atoms with van der Waals surface area (Å²) in [5.74, 6) is 0.666. The minimum atomic E-state index is -0.433. The van der Waals surface area contributed by atoms with Crippen LogP contribution in [0.4, 0.5) is 0 Å². The number of rotatable bonds is 3. The zero-order valence-corrected chi connectivity index (χ0v) is 17.9. The molecular weight excluding hydrogens is 364 g/mol. The zero-order chi connectivity index (χ0) is 21.1. The van der Waals surface area contributed by atoms with E-state index in [-0.39, 0.29) is 40.8 Å². The van der Waals surface area contributed by atoms with Gasteiger partial charge in [0.1, 0.15) is 0 Å². The summed E-state index contributed by atoms with van der Waals surface area (Å²) in [5.41, 5.74) is 3.06. The molecule has 4 aliphatic rings. The fourth-order valence-electron chi connectivity index (χ4n) is 7.38. The molecule has 0 aromatic carbocycles. The Balaban J connectivity index is 1.66. The van der Waals surface area contributed by atoms with Gasteiger partial charge in [0.15, 0.2) is 18.2 Å². The van der Waals surface area contributed by atoms with E-state index in [1.165, 1.54) is 12.5 Å². The van der Waals surface area contributed by atoms with E-state index in [0.29, 0.717) is 18.3 Å². The molecule has 0 heterocycles. The molecule has 0 spiro atoms. The predicted molar refractivity (Wildman–Crippen MR) is 111 cm³/mol. The van der Waals surface area contributed by atoms with E-state index in [9.17, 15) is 14.4 Å². The molecule has 0 radical (unpaired) electrons. The third-order valence-corrected chi connectivity index (χ3v) is 8.71. The third kappa shape index (κ3) is 2.90. The maximum atomic E-state index is 13.0. The molecule has 0 aromatic heterocycles. The van der Waals surface area contributed by atoms with Gasteiger partial charge in [-0.3, -0.25) is 14.4 Å². The van der Waals surface area contributed by atoms with Crippen molar-refractivity contribution >= 4 is 17.5 Å². The molecular formula is C25H32O4. The number of ether oxygens (including phenoxy) is 1. The molecule has 0 bridgehead atoms. The van der Waals surface area contributed by atoms with Crippen LogP contribution in [0.25, 0.3) is 0 Å². The van der Waals surface area contributed by atoms with Crippen molar-refractivity contribution in [2.45, 2.75) is 59.3 Å². The monoisotopic (exact) mass is 396 g/mol. The van der Waals surface area contributed by atoms with Crippen LogP contribution in [0.1, 0.15) is 59.3 Å². The molecule has 0 aliphatic heterocycles. The van der Waals surface area contributed by atoms with E-state index in [2.05, 4.69) is 27.0 Å². The minimum absolute atomic E-state index is 0.0549. The molecule has 3 fully saturated rings. The number of esters is 1. The van der Waals surface area contributed by atoms with Crippen LogP contribution in [-0.4, -0.2) is 24.1 Å². The molecule has 0 aromatic rings. The summed E-state index contributed by atoms with van der Waals surface area (Å²) in [6.45, 7) is 14.4. The lowest BCUT2D eigenvalue weighted by atomic mass is 9.46. The molecule has 6 atom stereocenters. The van der Waals surface area contributed by atoms with Crippen LogP contribution >= 0.6 is 0 Å². The fraction of sp³-hybridized carbons (Fsp3) is 0.640. The van der Waals surface area contributed by atoms with Crippen LogP contribution in [0.3, 0.4) is 0 Å². The van der Waals surface area contributed by atoms with E-state index in [0.717, 1.165) is 43.3 Å². The van der Waals surface area contributed by atoms with Crippen LogP contribution in [0.2, 0.25) is 0 Å². The fourth-order valence-corrected chi connectivity index (χ4v) is 7.38. The van der Waals surface area contributed by atoms with E-state index < -0.39 is 5.97 Å². The Bertz CT molecular complexity index is 849. The lowest BCUT2D eigenvalue weighted by molar-refractivity contribution is -0.148. The summed E-state index contributed by atoms with van der Waals surface area (Å²) in [6.07, 6.45) is 7.48. The predicted octanol–water partition coefficient (Wildman–Crippen LogP) is 4.60. The second-order valence-electron chi connectivity index (χ2n) is 10.1. The van der Waals surface area contributed by atoms with Gasteiger partial charge in [0.25, 0.3) is 0 Å². The number of fused-ring (bicyclic) bond motifs is 5. The van der Waals surface area contributed by atoms with E-state index in [4.69, 9.17) is 4.74 Å². The molecule has 29 heavy (non-hydrogen) atoms. The van der Waals surface area contributed by atoms with Crippen LogP contribution in [0, 0.1) is 34.5 Å². The average molecular weight is 397 g/mol. The Morgan fingerprint density at radius 3 is 2.55 bits per heavy atom. The average Bonchev–Trinajstić information content (AvgIpc) is 2.86. The molecule has 0 amide bonds. The largest absolute Gasteiger partial charge is 0.458 e. The Hall–Kier alpha value is -1.97. The maximum Gasteiger partial charge on any atom is 0.303 e. The van der Waals surface area contributed by atoms with Gasteiger partial charge in [0.2, 0.25) is 0 Å². The first-order chi connectivity index (χ1) is 13.6. The van der Waals surface area contributed by atoms with Gasteiger partial charge in [-0.05, 0) is 77.9 Å². The highest BCUT2D eigenvalue weighted by Crippen LogP contribution is 2.68. The van der Waals surface area contributed by atoms with Gasteiger partial charge in [-0.1, -0.05) is 32.6 Å². The molecule has 156 valence electrons. The minimum Gasteiger partial charge on any atom is -0.458 e. The number of ketones is 2. The van der Waals surface area contributed by atoms with Gasteiger partial charge in [-0.15, -0.1) is 0 Å². The zero-order valence-electron chi connectivity index (χ0n) is 17.9. The van der Waals surface area contributed by atoms with Gasteiger partial charge < -0.3 is 4.74 Å². The van der Waals surface area contributed by atoms with Gasteiger partial charge in [-0.2, -0.15) is 0 Å². The van der Waals surface area contributed by atoms with Crippen molar-refractivity contribution in [1.29, 1.82) is 0 Å². The molecule has 0 N–H and O–H groups in total. The van der Waals surface area contributed by atoms with Gasteiger partial charge in [-0.25, -0.2) is 0 Å². The smallest absolute Gasteiger partial charge is 0.303 e. The number of carbonyl (C=O) groups excluding carboxylic acids is 3.